The molecule has 2 unspecified atom stereocenters. The Bertz CT molecular complexity index is 744. The van der Waals surface area contributed by atoms with Gasteiger partial charge in [-0.2, -0.15) is 0 Å². The van der Waals surface area contributed by atoms with Crippen molar-refractivity contribution >= 4 is 17.7 Å². The zero-order valence-corrected chi connectivity index (χ0v) is 17.0. The molecule has 0 spiro atoms. The fourth-order valence-corrected chi connectivity index (χ4v) is 4.54. The van der Waals surface area contributed by atoms with Gasteiger partial charge in [0.2, 0.25) is 11.8 Å². The van der Waals surface area contributed by atoms with Crippen LogP contribution in [0.5, 0.6) is 0 Å². The molecular weight excluding hydrogens is 373 g/mol. The molecule has 2 fully saturated rings. The molecule has 2 aliphatic rings. The van der Waals surface area contributed by atoms with E-state index in [1.54, 1.807) is 0 Å². The second kappa shape index (κ2) is 9.37. The van der Waals surface area contributed by atoms with Gasteiger partial charge in [-0.3, -0.25) is 14.4 Å². The number of hydrogen-bond acceptors (Lipinski definition) is 3. The fourth-order valence-electron chi connectivity index (χ4n) is 4.54. The van der Waals surface area contributed by atoms with Gasteiger partial charge >= 0.3 is 0 Å². The smallest absolute Gasteiger partial charge is 0.253 e. The highest BCUT2D eigenvalue weighted by atomic mass is 19.1. The van der Waals surface area contributed by atoms with Gasteiger partial charge in [0.1, 0.15) is 5.82 Å². The summed E-state index contributed by atoms with van der Waals surface area (Å²) >= 11 is 0. The molecule has 1 aromatic rings. The Morgan fingerprint density at radius 1 is 1.00 bits per heavy atom. The molecule has 6 nitrogen and oxygen atoms in total. The molecule has 0 aromatic heterocycles. The van der Waals surface area contributed by atoms with Gasteiger partial charge in [-0.15, -0.1) is 0 Å². The number of likely N-dealkylation sites (tertiary alicyclic amines) is 2. The van der Waals surface area contributed by atoms with Crippen molar-refractivity contribution in [1.82, 2.24) is 9.80 Å². The second-order valence-corrected chi connectivity index (χ2v) is 8.24. The third kappa shape index (κ3) is 5.14. The maximum atomic E-state index is 13.1. The van der Waals surface area contributed by atoms with Gasteiger partial charge in [0.15, 0.2) is 0 Å². The van der Waals surface area contributed by atoms with Crippen molar-refractivity contribution in [2.45, 2.75) is 39.0 Å². The van der Waals surface area contributed by atoms with Crippen LogP contribution in [-0.4, -0.2) is 53.7 Å². The molecule has 7 heteroatoms. The molecule has 3 rings (SSSR count). The maximum Gasteiger partial charge on any atom is 0.253 e. The lowest BCUT2D eigenvalue weighted by Gasteiger charge is -2.39. The van der Waals surface area contributed by atoms with Crippen LogP contribution >= 0.6 is 0 Å². The molecule has 2 aliphatic heterocycles. The molecule has 0 aliphatic carbocycles. The molecule has 2 saturated heterocycles. The Balaban J connectivity index is 1.54. The van der Waals surface area contributed by atoms with Gasteiger partial charge in [0, 0.05) is 44.1 Å². The van der Waals surface area contributed by atoms with Crippen LogP contribution in [0.1, 0.15) is 49.4 Å². The highest BCUT2D eigenvalue weighted by Crippen LogP contribution is 2.31. The van der Waals surface area contributed by atoms with E-state index >= 15 is 0 Å². The highest BCUT2D eigenvalue weighted by molar-refractivity contribution is 5.94. The predicted octanol–water partition coefficient (Wildman–Crippen LogP) is 2.43. The van der Waals surface area contributed by atoms with Crippen molar-refractivity contribution in [3.63, 3.8) is 0 Å². The van der Waals surface area contributed by atoms with Gasteiger partial charge in [0.25, 0.3) is 5.91 Å². The number of primary amides is 1. The number of carbonyl (C=O) groups is 3. The minimum atomic E-state index is -0.356. The summed E-state index contributed by atoms with van der Waals surface area (Å²) < 4.78 is 13.1. The van der Waals surface area contributed by atoms with E-state index in [1.807, 2.05) is 9.80 Å². The van der Waals surface area contributed by atoms with E-state index in [4.69, 9.17) is 5.73 Å². The van der Waals surface area contributed by atoms with E-state index in [0.717, 1.165) is 12.8 Å². The normalized spacial score (nSPS) is 23.1. The molecule has 1 aromatic carbocycles. The molecule has 2 heterocycles. The number of amides is 3. The topological polar surface area (TPSA) is 83.7 Å². The van der Waals surface area contributed by atoms with Crippen molar-refractivity contribution in [1.29, 1.82) is 0 Å². The molecule has 0 bridgehead atoms. The molecule has 158 valence electrons. The first-order chi connectivity index (χ1) is 13.9. The average molecular weight is 403 g/mol. The van der Waals surface area contributed by atoms with Crippen LogP contribution in [0.2, 0.25) is 0 Å². The van der Waals surface area contributed by atoms with Crippen LogP contribution in [0.15, 0.2) is 24.3 Å². The van der Waals surface area contributed by atoms with Crippen molar-refractivity contribution in [2.75, 3.05) is 26.2 Å². The zero-order valence-electron chi connectivity index (χ0n) is 17.0. The third-order valence-electron chi connectivity index (χ3n) is 6.48. The number of nitrogens with two attached hydrogens (primary N) is 1. The number of benzene rings is 1. The summed E-state index contributed by atoms with van der Waals surface area (Å²) in [6.45, 7) is 4.49. The molecule has 29 heavy (non-hydrogen) atoms. The zero-order chi connectivity index (χ0) is 21.0. The van der Waals surface area contributed by atoms with Crippen molar-refractivity contribution in [2.24, 2.45) is 23.5 Å². The summed E-state index contributed by atoms with van der Waals surface area (Å²) in [6.07, 6.45) is 3.45. The van der Waals surface area contributed by atoms with Crippen LogP contribution in [0.3, 0.4) is 0 Å². The van der Waals surface area contributed by atoms with Crippen LogP contribution in [0.4, 0.5) is 4.39 Å². The van der Waals surface area contributed by atoms with E-state index in [9.17, 15) is 18.8 Å². The monoisotopic (exact) mass is 403 g/mol. The van der Waals surface area contributed by atoms with Gasteiger partial charge in [0.05, 0.1) is 0 Å². The summed E-state index contributed by atoms with van der Waals surface area (Å²) in [5.41, 5.74) is 5.86. The van der Waals surface area contributed by atoms with Gasteiger partial charge < -0.3 is 15.5 Å². The van der Waals surface area contributed by atoms with E-state index in [1.165, 1.54) is 24.3 Å². The fraction of sp³-hybridized carbons (Fsp3) is 0.591. The standard InChI is InChI=1S/C22H30FN3O3/c1-2-15-14-26(22(29)17-3-5-19(23)6-4-17)12-9-18(15)13-20(27)25-10-7-16(8-11-25)21(24)28/h3-6,15-16,18H,2,7-14H2,1H3,(H2,24,28). The highest BCUT2D eigenvalue weighted by Gasteiger charge is 2.34. The quantitative estimate of drug-likeness (QED) is 0.820. The minimum Gasteiger partial charge on any atom is -0.369 e. The van der Waals surface area contributed by atoms with Gasteiger partial charge in [-0.05, 0) is 55.4 Å². The molecular formula is C22H30FN3O3. The number of hydrogen-bond donors (Lipinski definition) is 1. The number of carbonyl (C=O) groups excluding carboxylic acids is 3. The Morgan fingerprint density at radius 3 is 2.21 bits per heavy atom. The largest absolute Gasteiger partial charge is 0.369 e. The Hall–Kier alpha value is -2.44. The lowest BCUT2D eigenvalue weighted by Crippen LogP contribution is -2.46. The SMILES string of the molecule is CCC1CN(C(=O)c2ccc(F)cc2)CCC1CC(=O)N1CCC(C(N)=O)CC1. The summed E-state index contributed by atoms with van der Waals surface area (Å²) in [6, 6.07) is 5.64. The molecule has 0 saturated carbocycles. The first-order valence-corrected chi connectivity index (χ1v) is 10.5. The maximum absolute atomic E-state index is 13.1. The van der Waals surface area contributed by atoms with Crippen LogP contribution in [0, 0.1) is 23.6 Å². The van der Waals surface area contributed by atoms with Crippen molar-refractivity contribution in [3.05, 3.63) is 35.6 Å². The Kier molecular flexibility index (Phi) is 6.87. The first-order valence-electron chi connectivity index (χ1n) is 10.5. The van der Waals surface area contributed by atoms with E-state index < -0.39 is 0 Å². The molecule has 2 atom stereocenters. The average Bonchev–Trinajstić information content (AvgIpc) is 2.74. The molecule has 2 N–H and O–H groups in total. The van der Waals surface area contributed by atoms with Crippen molar-refractivity contribution < 1.29 is 18.8 Å². The van der Waals surface area contributed by atoms with Gasteiger partial charge in [-0.1, -0.05) is 13.3 Å². The predicted molar refractivity (Wildman–Crippen MR) is 107 cm³/mol. The van der Waals surface area contributed by atoms with Gasteiger partial charge in [-0.25, -0.2) is 4.39 Å². The molecule has 3 amide bonds. The van der Waals surface area contributed by atoms with E-state index in [2.05, 4.69) is 6.92 Å². The van der Waals surface area contributed by atoms with Crippen LogP contribution in [-0.2, 0) is 9.59 Å². The number of piperidine rings is 2. The third-order valence-corrected chi connectivity index (χ3v) is 6.48. The summed E-state index contributed by atoms with van der Waals surface area (Å²) in [5.74, 6) is -0.190. The minimum absolute atomic E-state index is 0.0817. The first kappa shape index (κ1) is 21.3. The summed E-state index contributed by atoms with van der Waals surface area (Å²) in [4.78, 5) is 40.5. The number of rotatable bonds is 5. The number of nitrogens with zero attached hydrogens (tertiary/aromatic N) is 2. The van der Waals surface area contributed by atoms with Crippen molar-refractivity contribution in [3.8, 4) is 0 Å². The van der Waals surface area contributed by atoms with Crippen LogP contribution < -0.4 is 5.73 Å². The Labute approximate surface area is 171 Å². The van der Waals surface area contributed by atoms with Crippen LogP contribution in [0.25, 0.3) is 0 Å². The lowest BCUT2D eigenvalue weighted by atomic mass is 9.81. The second-order valence-electron chi connectivity index (χ2n) is 8.24. The summed E-state index contributed by atoms with van der Waals surface area (Å²) in [5, 5.41) is 0. The lowest BCUT2D eigenvalue weighted by molar-refractivity contribution is -0.136. The van der Waals surface area contributed by atoms with E-state index in [0.29, 0.717) is 51.0 Å². The van der Waals surface area contributed by atoms with E-state index in [-0.39, 0.29) is 41.3 Å². The summed E-state index contributed by atoms with van der Waals surface area (Å²) in [7, 11) is 0. The Morgan fingerprint density at radius 2 is 1.62 bits per heavy atom. The molecule has 0 radical (unpaired) electrons. The number of halogens is 1.